The van der Waals surface area contributed by atoms with Crippen molar-refractivity contribution in [1.29, 1.82) is 0 Å². The molecule has 110 valence electrons. The van der Waals surface area contributed by atoms with Crippen molar-refractivity contribution in [1.82, 2.24) is 9.97 Å². The molecule has 6 N–H and O–H groups in total. The molecule has 1 aliphatic rings. The molecule has 0 aromatic carbocycles. The van der Waals surface area contributed by atoms with E-state index in [0.717, 1.165) is 6.33 Å². The molecule has 0 radical (unpaired) electrons. The number of nitrogens with one attached hydrogen (secondary N) is 1. The number of aromatic nitrogens is 2. The summed E-state index contributed by atoms with van der Waals surface area (Å²) in [6.45, 7) is -0.510. The van der Waals surface area contributed by atoms with E-state index >= 15 is 0 Å². The van der Waals surface area contributed by atoms with E-state index in [1.165, 1.54) is 0 Å². The SMILES string of the molecule is Nc1ncnc(NC2OC(CO)C(O)C2O)c1[N+](=O)[O-]. The smallest absolute Gasteiger partial charge is 0.353 e. The van der Waals surface area contributed by atoms with Crippen LogP contribution in [0.25, 0.3) is 0 Å². The summed E-state index contributed by atoms with van der Waals surface area (Å²) >= 11 is 0. The normalized spacial score (nSPS) is 29.4. The summed E-state index contributed by atoms with van der Waals surface area (Å²) < 4.78 is 5.13. The second-order valence-electron chi connectivity index (χ2n) is 4.12. The van der Waals surface area contributed by atoms with E-state index in [2.05, 4.69) is 15.3 Å². The minimum Gasteiger partial charge on any atom is -0.394 e. The largest absolute Gasteiger partial charge is 0.394 e. The summed E-state index contributed by atoms with van der Waals surface area (Å²) in [6, 6.07) is 0. The van der Waals surface area contributed by atoms with Gasteiger partial charge < -0.3 is 31.1 Å². The fourth-order valence-electron chi connectivity index (χ4n) is 1.83. The van der Waals surface area contributed by atoms with Crippen molar-refractivity contribution in [2.75, 3.05) is 17.7 Å². The molecule has 1 saturated heterocycles. The van der Waals surface area contributed by atoms with Crippen LogP contribution in [0, 0.1) is 10.1 Å². The topological polar surface area (TPSA) is 177 Å². The van der Waals surface area contributed by atoms with Gasteiger partial charge in [0.05, 0.1) is 11.5 Å². The molecular weight excluding hydrogens is 274 g/mol. The average molecular weight is 287 g/mol. The highest BCUT2D eigenvalue weighted by Crippen LogP contribution is 2.29. The fraction of sp³-hybridized carbons (Fsp3) is 0.556. The van der Waals surface area contributed by atoms with E-state index in [0.29, 0.717) is 0 Å². The van der Waals surface area contributed by atoms with Gasteiger partial charge in [0.1, 0.15) is 24.6 Å². The van der Waals surface area contributed by atoms with Gasteiger partial charge in [-0.15, -0.1) is 0 Å². The van der Waals surface area contributed by atoms with Gasteiger partial charge >= 0.3 is 5.69 Å². The maximum atomic E-state index is 10.9. The van der Waals surface area contributed by atoms with Crippen LogP contribution in [0.1, 0.15) is 0 Å². The lowest BCUT2D eigenvalue weighted by molar-refractivity contribution is -0.383. The van der Waals surface area contributed by atoms with Crippen LogP contribution in [0.2, 0.25) is 0 Å². The van der Waals surface area contributed by atoms with Gasteiger partial charge in [-0.3, -0.25) is 10.1 Å². The van der Waals surface area contributed by atoms with E-state index in [1.807, 2.05) is 0 Å². The Hall–Kier alpha value is -2.08. The van der Waals surface area contributed by atoms with Crippen LogP contribution >= 0.6 is 0 Å². The zero-order valence-electron chi connectivity index (χ0n) is 10.1. The van der Waals surface area contributed by atoms with Gasteiger partial charge in [0.15, 0.2) is 6.23 Å². The number of nitrogens with two attached hydrogens (primary N) is 1. The molecule has 0 amide bonds. The highest BCUT2D eigenvalue weighted by atomic mass is 16.6. The second-order valence-corrected chi connectivity index (χ2v) is 4.12. The molecule has 2 heterocycles. The van der Waals surface area contributed by atoms with Crippen molar-refractivity contribution < 1.29 is 25.0 Å². The van der Waals surface area contributed by atoms with Gasteiger partial charge in [0.2, 0.25) is 11.6 Å². The molecule has 20 heavy (non-hydrogen) atoms. The number of rotatable bonds is 4. The molecule has 11 nitrogen and oxygen atoms in total. The lowest BCUT2D eigenvalue weighted by Crippen LogP contribution is -2.36. The maximum absolute atomic E-state index is 10.9. The zero-order chi connectivity index (χ0) is 14.9. The number of nitrogen functional groups attached to an aromatic ring is 1. The van der Waals surface area contributed by atoms with Crippen molar-refractivity contribution in [2.45, 2.75) is 24.5 Å². The van der Waals surface area contributed by atoms with Gasteiger partial charge in [-0.05, 0) is 0 Å². The van der Waals surface area contributed by atoms with E-state index in [9.17, 15) is 20.3 Å². The first-order valence-electron chi connectivity index (χ1n) is 5.59. The van der Waals surface area contributed by atoms with Crippen LogP contribution in [0.15, 0.2) is 6.33 Å². The minimum absolute atomic E-state index is 0.252. The van der Waals surface area contributed by atoms with Gasteiger partial charge in [-0.2, -0.15) is 0 Å². The maximum Gasteiger partial charge on any atom is 0.353 e. The van der Waals surface area contributed by atoms with Crippen LogP contribution in [0.3, 0.4) is 0 Å². The van der Waals surface area contributed by atoms with Crippen LogP contribution in [0.4, 0.5) is 17.3 Å². The molecule has 1 fully saturated rings. The number of nitrogens with zero attached hydrogens (tertiary/aromatic N) is 3. The third kappa shape index (κ3) is 2.46. The Labute approximate surface area is 112 Å². The standard InChI is InChI=1S/C9H13N5O6/c10-7-4(14(18)19)8(12-2-11-7)13-9-6(17)5(16)3(1-15)20-9/h2-3,5-6,9,15-17H,1H2,(H3,10,11,12,13). The molecule has 2 rings (SSSR count). The van der Waals surface area contributed by atoms with E-state index in [1.54, 1.807) is 0 Å². The summed E-state index contributed by atoms with van der Waals surface area (Å²) in [7, 11) is 0. The van der Waals surface area contributed by atoms with Crippen LogP contribution in [0.5, 0.6) is 0 Å². The summed E-state index contributed by atoms with van der Waals surface area (Å²) in [5.41, 5.74) is 4.82. The Morgan fingerprint density at radius 2 is 2.15 bits per heavy atom. The molecule has 4 unspecified atom stereocenters. The zero-order valence-corrected chi connectivity index (χ0v) is 10.1. The summed E-state index contributed by atoms with van der Waals surface area (Å²) in [5.74, 6) is -0.600. The van der Waals surface area contributed by atoms with Crippen LogP contribution in [-0.4, -0.2) is 61.4 Å². The minimum atomic E-state index is -1.39. The molecule has 0 spiro atoms. The first kappa shape index (κ1) is 14.3. The molecule has 0 bridgehead atoms. The van der Waals surface area contributed by atoms with Crippen molar-refractivity contribution >= 4 is 17.3 Å². The Bertz CT molecular complexity index is 514. The van der Waals surface area contributed by atoms with Gasteiger partial charge in [0, 0.05) is 0 Å². The van der Waals surface area contributed by atoms with Crippen molar-refractivity contribution in [3.05, 3.63) is 16.4 Å². The van der Waals surface area contributed by atoms with Crippen LogP contribution in [-0.2, 0) is 4.74 Å². The molecule has 1 aromatic heterocycles. The van der Waals surface area contributed by atoms with Crippen molar-refractivity contribution in [3.8, 4) is 0 Å². The third-order valence-corrected chi connectivity index (χ3v) is 2.85. The Morgan fingerprint density at radius 3 is 2.70 bits per heavy atom. The first-order chi connectivity index (χ1) is 9.45. The van der Waals surface area contributed by atoms with Crippen molar-refractivity contribution in [3.63, 3.8) is 0 Å². The third-order valence-electron chi connectivity index (χ3n) is 2.85. The van der Waals surface area contributed by atoms with Gasteiger partial charge in [-0.25, -0.2) is 9.97 Å². The quantitative estimate of drug-likeness (QED) is 0.302. The second kappa shape index (κ2) is 5.50. The Balaban J connectivity index is 2.23. The van der Waals surface area contributed by atoms with Gasteiger partial charge in [-0.1, -0.05) is 0 Å². The Morgan fingerprint density at radius 1 is 1.45 bits per heavy atom. The number of anilines is 2. The molecule has 11 heteroatoms. The first-order valence-corrected chi connectivity index (χ1v) is 5.59. The predicted molar refractivity (Wildman–Crippen MR) is 64.5 cm³/mol. The van der Waals surface area contributed by atoms with Crippen molar-refractivity contribution in [2.24, 2.45) is 0 Å². The lowest BCUT2D eigenvalue weighted by atomic mass is 10.1. The number of hydrogen-bond acceptors (Lipinski definition) is 10. The van der Waals surface area contributed by atoms with Gasteiger partial charge in [0.25, 0.3) is 0 Å². The summed E-state index contributed by atoms with van der Waals surface area (Å²) in [5, 5.41) is 41.6. The van der Waals surface area contributed by atoms with E-state index < -0.39 is 41.8 Å². The monoisotopic (exact) mass is 287 g/mol. The fourth-order valence-corrected chi connectivity index (χ4v) is 1.83. The van der Waals surface area contributed by atoms with Crippen LogP contribution < -0.4 is 11.1 Å². The number of ether oxygens (including phenoxy) is 1. The summed E-state index contributed by atoms with van der Waals surface area (Å²) in [6.07, 6.45) is -3.87. The highest BCUT2D eigenvalue weighted by Gasteiger charge is 2.43. The molecule has 1 aromatic rings. The molecule has 4 atom stereocenters. The highest BCUT2D eigenvalue weighted by molar-refractivity contribution is 5.67. The van der Waals surface area contributed by atoms with E-state index in [-0.39, 0.29) is 11.6 Å². The lowest BCUT2D eigenvalue weighted by Gasteiger charge is -2.16. The average Bonchev–Trinajstić information content (AvgIpc) is 2.66. The predicted octanol–water partition coefficient (Wildman–Crippen LogP) is -2.18. The number of aliphatic hydroxyl groups excluding tert-OH is 3. The number of nitro groups is 1. The molecule has 0 saturated carbocycles. The number of aliphatic hydroxyl groups is 3. The molecular formula is C9H13N5O6. The number of hydrogen-bond donors (Lipinski definition) is 5. The molecule has 0 aliphatic carbocycles. The molecule has 1 aliphatic heterocycles. The summed E-state index contributed by atoms with van der Waals surface area (Å²) in [4.78, 5) is 17.3. The Kier molecular flexibility index (Phi) is 3.94. The van der Waals surface area contributed by atoms with E-state index in [4.69, 9.17) is 15.6 Å².